The van der Waals surface area contributed by atoms with Gasteiger partial charge in [0.15, 0.2) is 0 Å². The summed E-state index contributed by atoms with van der Waals surface area (Å²) < 4.78 is 11.1. The fourth-order valence-corrected chi connectivity index (χ4v) is 4.53. The number of ether oxygens (including phenoxy) is 1. The van der Waals surface area contributed by atoms with Gasteiger partial charge in [-0.1, -0.05) is 41.9 Å². The molecule has 0 saturated carbocycles. The van der Waals surface area contributed by atoms with Crippen LogP contribution >= 0.6 is 23.4 Å². The molecule has 2 aromatic carbocycles. The molecule has 2 atom stereocenters. The summed E-state index contributed by atoms with van der Waals surface area (Å²) in [6, 6.07) is 17.2. The van der Waals surface area contributed by atoms with E-state index in [1.165, 1.54) is 11.8 Å². The van der Waals surface area contributed by atoms with Crippen molar-refractivity contribution >= 4 is 40.2 Å². The summed E-state index contributed by atoms with van der Waals surface area (Å²) in [5.74, 6) is 0.136. The maximum atomic E-state index is 11.9. The van der Waals surface area contributed by atoms with Gasteiger partial charge >= 0.3 is 5.97 Å². The number of esters is 1. The van der Waals surface area contributed by atoms with Crippen molar-refractivity contribution in [1.29, 1.82) is 0 Å². The van der Waals surface area contributed by atoms with Crippen LogP contribution in [0.5, 0.6) is 0 Å². The van der Waals surface area contributed by atoms with Crippen molar-refractivity contribution in [2.75, 3.05) is 0 Å². The molecule has 8 heteroatoms. The van der Waals surface area contributed by atoms with E-state index in [0.29, 0.717) is 22.6 Å². The summed E-state index contributed by atoms with van der Waals surface area (Å²) in [6.07, 6.45) is 0.531. The second kappa shape index (κ2) is 7.74. The van der Waals surface area contributed by atoms with Crippen molar-refractivity contribution in [1.82, 2.24) is 15.2 Å². The van der Waals surface area contributed by atoms with Gasteiger partial charge in [0, 0.05) is 22.4 Å². The number of fused-ring (bicyclic) bond motifs is 1. The van der Waals surface area contributed by atoms with Gasteiger partial charge in [0.25, 0.3) is 5.22 Å². The van der Waals surface area contributed by atoms with E-state index in [1.54, 1.807) is 0 Å². The molecule has 4 aromatic rings. The van der Waals surface area contributed by atoms with Crippen LogP contribution in [-0.2, 0) is 9.53 Å². The Kier molecular flexibility index (Phi) is 4.92. The highest BCUT2D eigenvalue weighted by Crippen LogP contribution is 2.35. The van der Waals surface area contributed by atoms with E-state index in [-0.39, 0.29) is 17.3 Å². The van der Waals surface area contributed by atoms with Crippen molar-refractivity contribution in [2.24, 2.45) is 0 Å². The van der Waals surface area contributed by atoms with Crippen molar-refractivity contribution in [3.63, 3.8) is 0 Å². The van der Waals surface area contributed by atoms with Crippen LogP contribution in [0.15, 0.2) is 64.2 Å². The van der Waals surface area contributed by atoms with Crippen molar-refractivity contribution in [2.45, 2.75) is 29.9 Å². The van der Waals surface area contributed by atoms with Gasteiger partial charge < -0.3 is 9.15 Å². The van der Waals surface area contributed by atoms with Crippen LogP contribution in [0.4, 0.5) is 0 Å². The molecule has 30 heavy (non-hydrogen) atoms. The summed E-state index contributed by atoms with van der Waals surface area (Å²) in [7, 11) is 0. The zero-order valence-corrected chi connectivity index (χ0v) is 17.5. The first-order chi connectivity index (χ1) is 14.6. The lowest BCUT2D eigenvalue weighted by Crippen LogP contribution is -2.09. The molecule has 0 unspecified atom stereocenters. The first-order valence-electron chi connectivity index (χ1n) is 9.43. The summed E-state index contributed by atoms with van der Waals surface area (Å²) in [6.45, 7) is 1.87. The van der Waals surface area contributed by atoms with E-state index in [2.05, 4.69) is 10.2 Å². The lowest BCUT2D eigenvalue weighted by Gasteiger charge is -2.07. The number of carbonyl (C=O) groups excluding carboxylic acids is 1. The standard InChI is InChI=1S/C22H16ClN3O3S/c1-12-10-19(21(27)28-12)30-22-26-25-20(29-22)16-11-18(13-6-8-14(23)9-7-13)24-17-5-3-2-4-15(16)17/h2-9,11-12,19H,10H2,1H3/t12-,19-/m0/s1. The average molecular weight is 438 g/mol. The third-order valence-corrected chi connectivity index (χ3v) is 6.15. The molecule has 5 rings (SSSR count). The molecule has 150 valence electrons. The van der Waals surface area contributed by atoms with Crippen molar-refractivity contribution in [3.8, 4) is 22.7 Å². The van der Waals surface area contributed by atoms with Crippen LogP contribution in [0, 0.1) is 0 Å². The molecule has 1 saturated heterocycles. The van der Waals surface area contributed by atoms with E-state index < -0.39 is 0 Å². The summed E-state index contributed by atoms with van der Waals surface area (Å²) >= 11 is 7.27. The van der Waals surface area contributed by atoms with Crippen molar-refractivity contribution < 1.29 is 13.9 Å². The molecule has 1 aliphatic rings. The highest BCUT2D eigenvalue weighted by molar-refractivity contribution is 8.00. The number of nitrogens with zero attached hydrogens (tertiary/aromatic N) is 3. The predicted octanol–water partition coefficient (Wildman–Crippen LogP) is 5.40. The smallest absolute Gasteiger partial charge is 0.320 e. The Morgan fingerprint density at radius 1 is 1.10 bits per heavy atom. The number of para-hydroxylation sites is 1. The summed E-state index contributed by atoms with van der Waals surface area (Å²) in [4.78, 5) is 16.7. The maximum absolute atomic E-state index is 11.9. The lowest BCUT2D eigenvalue weighted by atomic mass is 10.0. The lowest BCUT2D eigenvalue weighted by molar-refractivity contribution is -0.140. The number of halogens is 1. The van der Waals surface area contributed by atoms with Gasteiger partial charge in [0.2, 0.25) is 5.89 Å². The molecule has 1 aliphatic heterocycles. The Balaban J connectivity index is 1.54. The second-order valence-corrected chi connectivity index (χ2v) is 8.63. The number of hydrogen-bond acceptors (Lipinski definition) is 7. The molecule has 0 aliphatic carbocycles. The molecular formula is C22H16ClN3O3S. The molecule has 0 radical (unpaired) electrons. The minimum atomic E-state index is -0.327. The second-order valence-electron chi connectivity index (χ2n) is 7.04. The quantitative estimate of drug-likeness (QED) is 0.395. The summed E-state index contributed by atoms with van der Waals surface area (Å²) in [5, 5.41) is 9.96. The van der Waals surface area contributed by atoms with Crippen LogP contribution in [0.2, 0.25) is 5.02 Å². The van der Waals surface area contributed by atoms with Gasteiger partial charge in [-0.25, -0.2) is 4.98 Å². The number of carbonyl (C=O) groups is 1. The summed E-state index contributed by atoms with van der Waals surface area (Å²) in [5.41, 5.74) is 3.32. The third kappa shape index (κ3) is 3.66. The minimum absolute atomic E-state index is 0.0940. The van der Waals surface area contributed by atoms with Gasteiger partial charge in [-0.2, -0.15) is 0 Å². The molecule has 6 nitrogen and oxygen atoms in total. The predicted molar refractivity (Wildman–Crippen MR) is 115 cm³/mol. The SMILES string of the molecule is C[C@H]1C[C@H](Sc2nnc(-c3cc(-c4ccc(Cl)cc4)nc4ccccc34)o2)C(=O)O1. The Morgan fingerprint density at radius 2 is 1.90 bits per heavy atom. The molecule has 1 fully saturated rings. The zero-order valence-electron chi connectivity index (χ0n) is 15.9. The first kappa shape index (κ1) is 19.1. The normalized spacial score (nSPS) is 18.7. The highest BCUT2D eigenvalue weighted by Gasteiger charge is 2.34. The number of pyridine rings is 1. The molecule has 2 aromatic heterocycles. The van der Waals surface area contributed by atoms with Gasteiger partial charge in [-0.3, -0.25) is 4.79 Å². The number of thioether (sulfide) groups is 1. The molecule has 0 N–H and O–H groups in total. The van der Waals surface area contributed by atoms with E-state index in [9.17, 15) is 4.79 Å². The molecule has 0 bridgehead atoms. The van der Waals surface area contributed by atoms with Crippen LogP contribution < -0.4 is 0 Å². The number of aromatic nitrogens is 3. The Bertz CT molecular complexity index is 1240. The van der Waals surface area contributed by atoms with Crippen molar-refractivity contribution in [3.05, 3.63) is 59.6 Å². The van der Waals surface area contributed by atoms with Crippen LogP contribution in [0.3, 0.4) is 0 Å². The van der Waals surface area contributed by atoms with Gasteiger partial charge in [-0.15, -0.1) is 10.2 Å². The Labute approximate surface area is 181 Å². The first-order valence-corrected chi connectivity index (χ1v) is 10.7. The average Bonchev–Trinajstić information content (AvgIpc) is 3.33. The van der Waals surface area contributed by atoms with E-state index in [1.807, 2.05) is 61.5 Å². The molecular weight excluding hydrogens is 422 g/mol. The van der Waals surface area contributed by atoms with E-state index in [0.717, 1.165) is 27.7 Å². The molecule has 0 spiro atoms. The third-order valence-electron chi connectivity index (χ3n) is 4.86. The number of rotatable bonds is 4. The fourth-order valence-electron chi connectivity index (χ4n) is 3.43. The Morgan fingerprint density at radius 3 is 2.67 bits per heavy atom. The topological polar surface area (TPSA) is 78.1 Å². The van der Waals surface area contributed by atoms with Crippen LogP contribution in [-0.4, -0.2) is 32.5 Å². The largest absolute Gasteiger partial charge is 0.462 e. The van der Waals surface area contributed by atoms with Gasteiger partial charge in [-0.05, 0) is 43.0 Å². The molecule has 0 amide bonds. The molecule has 3 heterocycles. The monoisotopic (exact) mass is 437 g/mol. The Hall–Kier alpha value is -2.90. The number of cyclic esters (lactones) is 1. The number of hydrogen-bond donors (Lipinski definition) is 0. The fraction of sp³-hybridized carbons (Fsp3) is 0.182. The van der Waals surface area contributed by atoms with Crippen LogP contribution in [0.25, 0.3) is 33.6 Å². The minimum Gasteiger partial charge on any atom is -0.462 e. The zero-order chi connectivity index (χ0) is 20.7. The number of benzene rings is 2. The van der Waals surface area contributed by atoms with Crippen LogP contribution in [0.1, 0.15) is 13.3 Å². The maximum Gasteiger partial charge on any atom is 0.320 e. The van der Waals surface area contributed by atoms with E-state index in [4.69, 9.17) is 25.7 Å². The van der Waals surface area contributed by atoms with Gasteiger partial charge in [0.1, 0.15) is 11.4 Å². The van der Waals surface area contributed by atoms with Gasteiger partial charge in [0.05, 0.1) is 16.8 Å². The van der Waals surface area contributed by atoms with E-state index >= 15 is 0 Å². The highest BCUT2D eigenvalue weighted by atomic mass is 35.5.